The highest BCUT2D eigenvalue weighted by Gasteiger charge is 2.54. The molecule has 5 N–H and O–H groups in total. The molecule has 0 aromatic heterocycles. The lowest BCUT2D eigenvalue weighted by atomic mass is 9.87. The molecule has 1 aromatic carbocycles. The Morgan fingerprint density at radius 1 is 1.18 bits per heavy atom. The van der Waals surface area contributed by atoms with Crippen LogP contribution >= 0.6 is 0 Å². The monoisotopic (exact) mass is 714 g/mol. The highest BCUT2D eigenvalue weighted by atomic mass is 16.6. The fraction of sp³-hybridized carbons (Fsp3) is 0.675. The predicted molar refractivity (Wildman–Crippen MR) is 197 cm³/mol. The summed E-state index contributed by atoms with van der Waals surface area (Å²) < 4.78 is 23.3. The molecule has 2 fully saturated rings. The SMILES string of the molecule is CCC(OC)C(C)C1OC1C(NCc1ccc(N2CCOCC2)cc1)C(C)(O)C=CC=C(C)C1OC(=O)CC(O)CCC(C)(O)C(O)C=CC1C. The average molecular weight is 715 g/mol. The van der Waals surface area contributed by atoms with Crippen LogP contribution < -0.4 is 10.2 Å². The number of anilines is 1. The van der Waals surface area contributed by atoms with Gasteiger partial charge in [0.05, 0.1) is 55.2 Å². The van der Waals surface area contributed by atoms with Gasteiger partial charge in [-0.05, 0) is 63.3 Å². The van der Waals surface area contributed by atoms with E-state index in [0.29, 0.717) is 12.1 Å². The van der Waals surface area contributed by atoms with Gasteiger partial charge in [-0.1, -0.05) is 63.3 Å². The predicted octanol–water partition coefficient (Wildman–Crippen LogP) is 3.82. The second kappa shape index (κ2) is 18.4. The van der Waals surface area contributed by atoms with E-state index in [2.05, 4.69) is 48.3 Å². The molecular formula is C40H62N2O9. The van der Waals surface area contributed by atoms with Crippen molar-refractivity contribution in [2.24, 2.45) is 11.8 Å². The number of nitrogens with one attached hydrogen (secondary N) is 1. The number of aliphatic hydroxyl groups is 4. The third-order valence-corrected chi connectivity index (χ3v) is 10.8. The number of nitrogens with zero attached hydrogens (tertiary/aromatic N) is 1. The molecule has 2 saturated heterocycles. The fourth-order valence-corrected chi connectivity index (χ4v) is 7.21. The molecule has 286 valence electrons. The van der Waals surface area contributed by atoms with Crippen molar-refractivity contribution in [1.29, 1.82) is 0 Å². The number of ether oxygens (including phenoxy) is 4. The third-order valence-electron chi connectivity index (χ3n) is 10.8. The summed E-state index contributed by atoms with van der Waals surface area (Å²) in [6, 6.07) is 8.02. The number of carbonyl (C=O) groups excluding carboxylic acids is 1. The summed E-state index contributed by atoms with van der Waals surface area (Å²) in [6.45, 7) is 14.9. The van der Waals surface area contributed by atoms with Crippen LogP contribution in [0.5, 0.6) is 0 Å². The van der Waals surface area contributed by atoms with Crippen LogP contribution in [0.25, 0.3) is 0 Å². The first-order valence-electron chi connectivity index (χ1n) is 18.5. The highest BCUT2D eigenvalue weighted by molar-refractivity contribution is 5.70. The van der Waals surface area contributed by atoms with Gasteiger partial charge in [-0.15, -0.1) is 0 Å². The van der Waals surface area contributed by atoms with Gasteiger partial charge in [0, 0.05) is 44.3 Å². The molecule has 4 rings (SSSR count). The maximum atomic E-state index is 12.8. The first kappa shape index (κ1) is 41.2. The first-order valence-corrected chi connectivity index (χ1v) is 18.5. The summed E-state index contributed by atoms with van der Waals surface area (Å²) in [6.07, 6.45) is 6.32. The van der Waals surface area contributed by atoms with Crippen molar-refractivity contribution in [1.82, 2.24) is 5.32 Å². The number of hydrogen-bond acceptors (Lipinski definition) is 11. The molecule has 0 bridgehead atoms. The lowest BCUT2D eigenvalue weighted by Crippen LogP contribution is -2.52. The van der Waals surface area contributed by atoms with Crippen LogP contribution in [0.3, 0.4) is 0 Å². The van der Waals surface area contributed by atoms with E-state index < -0.39 is 41.5 Å². The van der Waals surface area contributed by atoms with Crippen molar-refractivity contribution >= 4 is 11.7 Å². The molecule has 3 aliphatic rings. The van der Waals surface area contributed by atoms with E-state index in [1.165, 1.54) is 13.0 Å². The standard InChI is InChI=1S/C40H62N2O9/c1-8-32(48-7)28(4)36-37(51-36)38(41-25-29-12-14-30(15-13-29)42-20-22-49-23-21-42)40(6,47)18-9-10-26(2)35-27(3)11-16-33(44)39(5,46)19-17-31(43)24-34(45)50-35/h9-16,18,27-28,31-33,35-38,41,43-44,46-47H,8,17,19-25H2,1-7H3. The minimum Gasteiger partial charge on any atom is -0.457 e. The Bertz CT molecular complexity index is 1330. The Morgan fingerprint density at radius 3 is 2.51 bits per heavy atom. The van der Waals surface area contributed by atoms with Crippen molar-refractivity contribution in [3.05, 3.63) is 65.8 Å². The number of methoxy groups -OCH3 is 1. The van der Waals surface area contributed by atoms with Crippen molar-refractivity contribution < 1.29 is 44.2 Å². The van der Waals surface area contributed by atoms with Crippen LogP contribution in [0.15, 0.2) is 60.2 Å². The second-order valence-corrected chi connectivity index (χ2v) is 15.1. The molecule has 0 aliphatic carbocycles. The average Bonchev–Trinajstić information content (AvgIpc) is 3.89. The van der Waals surface area contributed by atoms with E-state index >= 15 is 0 Å². The van der Waals surface area contributed by atoms with Gasteiger partial charge < -0.3 is 49.6 Å². The van der Waals surface area contributed by atoms with Gasteiger partial charge in [0.15, 0.2) is 0 Å². The van der Waals surface area contributed by atoms with E-state index in [9.17, 15) is 25.2 Å². The Morgan fingerprint density at radius 2 is 1.86 bits per heavy atom. The zero-order valence-corrected chi connectivity index (χ0v) is 31.5. The summed E-state index contributed by atoms with van der Waals surface area (Å²) in [4.78, 5) is 15.1. The minimum absolute atomic E-state index is 0.0394. The quantitative estimate of drug-likeness (QED) is 0.0878. The van der Waals surface area contributed by atoms with Crippen LogP contribution in [0.1, 0.15) is 72.8 Å². The summed E-state index contributed by atoms with van der Waals surface area (Å²) >= 11 is 0. The Labute approximate surface area is 304 Å². The zero-order valence-electron chi connectivity index (χ0n) is 31.5. The van der Waals surface area contributed by atoms with Crippen LogP contribution in [-0.2, 0) is 30.3 Å². The molecule has 11 atom stereocenters. The van der Waals surface area contributed by atoms with Crippen molar-refractivity contribution in [3.63, 3.8) is 0 Å². The summed E-state index contributed by atoms with van der Waals surface area (Å²) in [5, 5.41) is 47.3. The van der Waals surface area contributed by atoms with Gasteiger partial charge in [0.25, 0.3) is 0 Å². The fourth-order valence-electron chi connectivity index (χ4n) is 7.21. The van der Waals surface area contributed by atoms with Gasteiger partial charge in [0.2, 0.25) is 0 Å². The molecule has 11 unspecified atom stereocenters. The largest absolute Gasteiger partial charge is 0.457 e. The van der Waals surface area contributed by atoms with Gasteiger partial charge in [-0.25, -0.2) is 0 Å². The highest BCUT2D eigenvalue weighted by Crippen LogP contribution is 2.39. The van der Waals surface area contributed by atoms with Gasteiger partial charge in [-0.2, -0.15) is 0 Å². The smallest absolute Gasteiger partial charge is 0.309 e. The molecule has 0 amide bonds. The van der Waals surface area contributed by atoms with E-state index in [-0.39, 0.29) is 49.4 Å². The Kier molecular flexibility index (Phi) is 14.9. The van der Waals surface area contributed by atoms with E-state index in [1.54, 1.807) is 38.3 Å². The number of rotatable bonds is 13. The van der Waals surface area contributed by atoms with Crippen molar-refractivity contribution in [3.8, 4) is 0 Å². The van der Waals surface area contributed by atoms with Crippen LogP contribution in [-0.4, -0.2) is 114 Å². The van der Waals surface area contributed by atoms with Gasteiger partial charge >= 0.3 is 5.97 Å². The lowest BCUT2D eigenvalue weighted by molar-refractivity contribution is -0.151. The number of hydrogen-bond donors (Lipinski definition) is 5. The van der Waals surface area contributed by atoms with Crippen LogP contribution in [0.4, 0.5) is 5.69 Å². The number of aliphatic hydroxyl groups excluding tert-OH is 2. The number of cyclic esters (lactones) is 1. The molecule has 51 heavy (non-hydrogen) atoms. The summed E-state index contributed by atoms with van der Waals surface area (Å²) in [5.41, 5.74) is 0.188. The van der Waals surface area contributed by atoms with Gasteiger partial charge in [-0.3, -0.25) is 4.79 Å². The molecular weight excluding hydrogens is 652 g/mol. The number of carbonyl (C=O) groups is 1. The Hall–Kier alpha value is -2.61. The Balaban J connectivity index is 1.52. The molecule has 1 aromatic rings. The maximum Gasteiger partial charge on any atom is 0.309 e. The van der Waals surface area contributed by atoms with Crippen LogP contribution in [0, 0.1) is 11.8 Å². The van der Waals surface area contributed by atoms with Gasteiger partial charge in [0.1, 0.15) is 18.3 Å². The lowest BCUT2D eigenvalue weighted by Gasteiger charge is -2.31. The molecule has 0 saturated carbocycles. The molecule has 0 spiro atoms. The minimum atomic E-state index is -1.45. The normalized spacial score (nSPS) is 32.7. The summed E-state index contributed by atoms with van der Waals surface area (Å²) in [7, 11) is 1.72. The second-order valence-electron chi connectivity index (χ2n) is 15.1. The van der Waals surface area contributed by atoms with E-state index in [4.69, 9.17) is 18.9 Å². The number of benzene rings is 1. The number of allylic oxidation sites excluding steroid dienone is 2. The zero-order chi connectivity index (χ0) is 37.3. The van der Waals surface area contributed by atoms with Crippen molar-refractivity contribution in [2.45, 2.75) is 128 Å². The van der Waals surface area contributed by atoms with Crippen molar-refractivity contribution in [2.75, 3.05) is 38.3 Å². The summed E-state index contributed by atoms with van der Waals surface area (Å²) in [5.74, 6) is -0.762. The molecule has 11 heteroatoms. The first-order chi connectivity index (χ1) is 24.2. The van der Waals surface area contributed by atoms with E-state index in [1.807, 2.05) is 13.8 Å². The maximum absolute atomic E-state index is 12.8. The molecule has 3 aliphatic heterocycles. The van der Waals surface area contributed by atoms with E-state index in [0.717, 1.165) is 44.0 Å². The number of morpholine rings is 1. The number of epoxide rings is 1. The number of esters is 1. The third kappa shape index (κ3) is 11.4. The van der Waals surface area contributed by atoms with Crippen LogP contribution in [0.2, 0.25) is 0 Å². The molecule has 11 nitrogen and oxygen atoms in total. The topological polar surface area (TPSA) is 153 Å². The molecule has 3 heterocycles. The molecule has 0 radical (unpaired) electrons.